The van der Waals surface area contributed by atoms with Crippen LogP contribution in [0.2, 0.25) is 0 Å². The van der Waals surface area contributed by atoms with Crippen LogP contribution in [-0.2, 0) is 13.0 Å². The van der Waals surface area contributed by atoms with E-state index in [1.807, 2.05) is 24.0 Å². The number of nitrogens with zero attached hydrogens (tertiary/aromatic N) is 2. The van der Waals surface area contributed by atoms with Crippen LogP contribution in [0.25, 0.3) is 0 Å². The van der Waals surface area contributed by atoms with Gasteiger partial charge in [-0.3, -0.25) is 0 Å². The van der Waals surface area contributed by atoms with Crippen LogP contribution in [0.5, 0.6) is 0 Å². The van der Waals surface area contributed by atoms with Crippen molar-refractivity contribution in [2.45, 2.75) is 43.9 Å². The highest BCUT2D eigenvalue weighted by molar-refractivity contribution is 14.0. The molecule has 0 spiro atoms. The molecule has 138 valence electrons. The largest absolute Gasteiger partial charge is 0.357 e. The number of hydrogen-bond donors (Lipinski definition) is 2. The van der Waals surface area contributed by atoms with Crippen LogP contribution in [0, 0.1) is 0 Å². The summed E-state index contributed by atoms with van der Waals surface area (Å²) in [5.74, 6) is 0.853. The van der Waals surface area contributed by atoms with Gasteiger partial charge in [0.2, 0.25) is 0 Å². The van der Waals surface area contributed by atoms with Crippen molar-refractivity contribution in [3.05, 3.63) is 46.4 Å². The van der Waals surface area contributed by atoms with Gasteiger partial charge in [-0.2, -0.15) is 0 Å². The number of guanidine groups is 1. The number of halogens is 1. The number of rotatable bonds is 8. The first-order valence-corrected chi connectivity index (χ1v) is 10.1. The van der Waals surface area contributed by atoms with E-state index in [1.54, 1.807) is 11.3 Å². The molecule has 7 heteroatoms. The van der Waals surface area contributed by atoms with Crippen LogP contribution in [0.1, 0.15) is 30.7 Å². The Kier molecular flexibility index (Phi) is 11.2. The van der Waals surface area contributed by atoms with Crippen LogP contribution < -0.4 is 10.6 Å². The molecule has 1 aromatic heterocycles. The zero-order valence-corrected chi connectivity index (χ0v) is 19.0. The van der Waals surface area contributed by atoms with Gasteiger partial charge in [0.25, 0.3) is 0 Å². The summed E-state index contributed by atoms with van der Waals surface area (Å²) in [7, 11) is 0. The fourth-order valence-corrected chi connectivity index (χ4v) is 3.82. The Bertz CT molecular complexity index is 631. The number of nitrogens with one attached hydrogen (secondary N) is 2. The van der Waals surface area contributed by atoms with Crippen molar-refractivity contribution in [1.82, 2.24) is 15.6 Å². The predicted molar refractivity (Wildman–Crippen MR) is 121 cm³/mol. The number of benzene rings is 1. The molecule has 0 radical (unpaired) electrons. The monoisotopic (exact) mass is 490 g/mol. The molecular formula is C18H27IN4S2. The van der Waals surface area contributed by atoms with E-state index < -0.39 is 0 Å². The second kappa shape index (κ2) is 12.5. The lowest BCUT2D eigenvalue weighted by molar-refractivity contribution is 0.794. The van der Waals surface area contributed by atoms with Gasteiger partial charge in [0.15, 0.2) is 5.96 Å². The van der Waals surface area contributed by atoms with Gasteiger partial charge in [-0.25, -0.2) is 9.98 Å². The molecule has 0 aliphatic rings. The van der Waals surface area contributed by atoms with E-state index >= 15 is 0 Å². The summed E-state index contributed by atoms with van der Waals surface area (Å²) in [6, 6.07) is 10.5. The fourth-order valence-electron chi connectivity index (χ4n) is 2.09. The van der Waals surface area contributed by atoms with Crippen molar-refractivity contribution >= 4 is 53.0 Å². The minimum atomic E-state index is 0. The molecular weight excluding hydrogens is 463 g/mol. The molecule has 2 aromatic rings. The number of aromatic nitrogens is 1. The number of hydrogen-bond acceptors (Lipinski definition) is 4. The first kappa shape index (κ1) is 22.2. The Morgan fingerprint density at radius 2 is 2.00 bits per heavy atom. The fraction of sp³-hybridized carbons (Fsp3) is 0.444. The zero-order valence-electron chi connectivity index (χ0n) is 15.0. The van der Waals surface area contributed by atoms with E-state index in [0.29, 0.717) is 11.8 Å². The Morgan fingerprint density at radius 1 is 1.24 bits per heavy atom. The molecule has 4 nitrogen and oxygen atoms in total. The second-order valence-corrected chi connectivity index (χ2v) is 8.10. The van der Waals surface area contributed by atoms with Gasteiger partial charge in [-0.1, -0.05) is 32.0 Å². The minimum Gasteiger partial charge on any atom is -0.357 e. The molecule has 0 fully saturated rings. The Balaban J connectivity index is 0.00000312. The quantitative estimate of drug-likeness (QED) is 0.247. The number of thiazole rings is 1. The Morgan fingerprint density at radius 3 is 2.64 bits per heavy atom. The van der Waals surface area contributed by atoms with Crippen molar-refractivity contribution in [1.29, 1.82) is 0 Å². The van der Waals surface area contributed by atoms with Gasteiger partial charge in [0, 0.05) is 34.3 Å². The van der Waals surface area contributed by atoms with Gasteiger partial charge >= 0.3 is 0 Å². The van der Waals surface area contributed by atoms with Crippen LogP contribution in [0.15, 0.2) is 46.4 Å². The molecule has 0 saturated heterocycles. The lowest BCUT2D eigenvalue weighted by atomic mass is 10.4. The standard InChI is InChI=1S/C18H26N4S2.HI/c1-4-15-12-20-17(24-15)13-22-18(19-5-2)21-11-14(3)23-16-9-7-6-8-10-16;/h6-10,12,14H,4-5,11,13H2,1-3H3,(H2,19,21,22);1H. The van der Waals surface area contributed by atoms with Gasteiger partial charge in [0.05, 0.1) is 6.54 Å². The van der Waals surface area contributed by atoms with E-state index in [9.17, 15) is 0 Å². The van der Waals surface area contributed by atoms with Gasteiger partial charge < -0.3 is 10.6 Å². The number of aliphatic imine (C=N–C) groups is 1. The molecule has 0 saturated carbocycles. The first-order chi connectivity index (χ1) is 11.7. The predicted octanol–water partition coefficient (Wildman–Crippen LogP) is 4.56. The van der Waals surface area contributed by atoms with Gasteiger partial charge in [-0.05, 0) is 25.5 Å². The van der Waals surface area contributed by atoms with E-state index in [1.165, 1.54) is 9.77 Å². The molecule has 1 aromatic carbocycles. The highest BCUT2D eigenvalue weighted by Gasteiger charge is 2.06. The lowest BCUT2D eigenvalue weighted by Gasteiger charge is -2.15. The normalized spacial score (nSPS) is 12.4. The summed E-state index contributed by atoms with van der Waals surface area (Å²) in [5, 5.41) is 8.25. The molecule has 0 bridgehead atoms. The van der Waals surface area contributed by atoms with E-state index in [2.05, 4.69) is 65.6 Å². The molecule has 1 atom stereocenters. The molecule has 25 heavy (non-hydrogen) atoms. The van der Waals surface area contributed by atoms with Crippen LogP contribution in [0.3, 0.4) is 0 Å². The van der Waals surface area contributed by atoms with E-state index in [-0.39, 0.29) is 24.0 Å². The van der Waals surface area contributed by atoms with E-state index in [4.69, 9.17) is 0 Å². The summed E-state index contributed by atoms with van der Waals surface area (Å²) >= 11 is 3.61. The van der Waals surface area contributed by atoms with Gasteiger partial charge in [0.1, 0.15) is 5.01 Å². The topological polar surface area (TPSA) is 49.3 Å². The summed E-state index contributed by atoms with van der Waals surface area (Å²) in [6.07, 6.45) is 2.99. The Hall–Kier alpha value is -0.800. The average molecular weight is 490 g/mol. The van der Waals surface area contributed by atoms with Crippen molar-refractivity contribution < 1.29 is 0 Å². The number of thioether (sulfide) groups is 1. The van der Waals surface area contributed by atoms with E-state index in [0.717, 1.165) is 30.5 Å². The molecule has 0 aliphatic heterocycles. The molecule has 1 unspecified atom stereocenters. The highest BCUT2D eigenvalue weighted by Crippen LogP contribution is 2.21. The van der Waals surface area contributed by atoms with Crippen LogP contribution in [0.4, 0.5) is 0 Å². The van der Waals surface area contributed by atoms with Crippen LogP contribution in [-0.4, -0.2) is 29.3 Å². The third kappa shape index (κ3) is 8.42. The SMILES string of the molecule is CCNC(=NCc1ncc(CC)s1)NCC(C)Sc1ccccc1.I. The maximum absolute atomic E-state index is 4.64. The first-order valence-electron chi connectivity index (χ1n) is 8.38. The average Bonchev–Trinajstić information content (AvgIpc) is 3.06. The van der Waals surface area contributed by atoms with Gasteiger partial charge in [-0.15, -0.1) is 47.1 Å². The van der Waals surface area contributed by atoms with Crippen LogP contribution >= 0.6 is 47.1 Å². The second-order valence-electron chi connectivity index (χ2n) is 5.39. The molecule has 2 rings (SSSR count). The smallest absolute Gasteiger partial charge is 0.191 e. The third-order valence-electron chi connectivity index (χ3n) is 3.30. The summed E-state index contributed by atoms with van der Waals surface area (Å²) < 4.78 is 0. The highest BCUT2D eigenvalue weighted by atomic mass is 127. The Labute approximate surface area is 176 Å². The van der Waals surface area contributed by atoms with Crippen molar-refractivity contribution in [2.24, 2.45) is 4.99 Å². The molecule has 0 aliphatic carbocycles. The summed E-state index contributed by atoms with van der Waals surface area (Å²) in [6.45, 7) is 8.80. The van der Waals surface area contributed by atoms with Crippen molar-refractivity contribution in [3.63, 3.8) is 0 Å². The zero-order chi connectivity index (χ0) is 17.2. The molecule has 2 N–H and O–H groups in total. The minimum absolute atomic E-state index is 0. The third-order valence-corrected chi connectivity index (χ3v) is 5.54. The molecule has 0 amide bonds. The maximum atomic E-state index is 4.64. The lowest BCUT2D eigenvalue weighted by Crippen LogP contribution is -2.40. The number of aryl methyl sites for hydroxylation is 1. The molecule has 1 heterocycles. The summed E-state index contributed by atoms with van der Waals surface area (Å²) in [5.41, 5.74) is 0. The van der Waals surface area contributed by atoms with Crippen molar-refractivity contribution in [3.8, 4) is 0 Å². The summed E-state index contributed by atoms with van der Waals surface area (Å²) in [4.78, 5) is 11.7. The van der Waals surface area contributed by atoms with Crippen molar-refractivity contribution in [2.75, 3.05) is 13.1 Å². The maximum Gasteiger partial charge on any atom is 0.191 e.